The first-order valence-electron chi connectivity index (χ1n) is 7.47. The van der Waals surface area contributed by atoms with Gasteiger partial charge in [-0.2, -0.15) is 0 Å². The lowest BCUT2D eigenvalue weighted by molar-refractivity contribution is 0.0692. The van der Waals surface area contributed by atoms with Crippen LogP contribution in [0.4, 0.5) is 0 Å². The lowest BCUT2D eigenvalue weighted by Crippen LogP contribution is -2.14. The molecule has 0 spiro atoms. The number of phenols is 1. The second-order valence-corrected chi connectivity index (χ2v) is 6.70. The third kappa shape index (κ3) is 4.03. The number of carboxylic acid groups (broad SMARTS) is 1. The summed E-state index contributed by atoms with van der Waals surface area (Å²) < 4.78 is 5.74. The van der Waals surface area contributed by atoms with Gasteiger partial charge in [-0.05, 0) is 30.0 Å². The summed E-state index contributed by atoms with van der Waals surface area (Å²) in [6.45, 7) is 8.10. The molecular formula is C19H22O4. The predicted octanol–water partition coefficient (Wildman–Crippen LogP) is 4.28. The van der Waals surface area contributed by atoms with E-state index >= 15 is 0 Å². The van der Waals surface area contributed by atoms with Crippen molar-refractivity contribution in [3.05, 3.63) is 58.7 Å². The number of rotatable bonds is 4. The Bertz CT molecular complexity index is 709. The molecule has 4 nitrogen and oxygen atoms in total. The minimum atomic E-state index is -1.17. The van der Waals surface area contributed by atoms with E-state index in [1.807, 2.05) is 52.0 Å². The first-order valence-corrected chi connectivity index (χ1v) is 7.47. The van der Waals surface area contributed by atoms with Crippen LogP contribution in [0.2, 0.25) is 0 Å². The largest absolute Gasteiger partial charge is 0.507 e. The first-order chi connectivity index (χ1) is 10.7. The van der Waals surface area contributed by atoms with Crippen molar-refractivity contribution in [2.75, 3.05) is 0 Å². The normalized spacial score (nSPS) is 11.3. The summed E-state index contributed by atoms with van der Waals surface area (Å²) in [5, 5.41) is 19.5. The fraction of sp³-hybridized carbons (Fsp3) is 0.316. The molecule has 23 heavy (non-hydrogen) atoms. The molecule has 4 heteroatoms. The number of benzene rings is 2. The summed E-state index contributed by atoms with van der Waals surface area (Å²) in [5.41, 5.74) is 2.18. The first kappa shape index (κ1) is 16.9. The smallest absolute Gasteiger partial charge is 0.339 e. The maximum Gasteiger partial charge on any atom is 0.339 e. The van der Waals surface area contributed by atoms with Gasteiger partial charge in [-0.1, -0.05) is 50.6 Å². The molecule has 2 rings (SSSR count). The monoisotopic (exact) mass is 314 g/mol. The summed E-state index contributed by atoms with van der Waals surface area (Å²) in [5.74, 6) is -0.938. The molecule has 122 valence electrons. The van der Waals surface area contributed by atoms with Gasteiger partial charge in [-0.15, -0.1) is 0 Å². The zero-order valence-electron chi connectivity index (χ0n) is 13.9. The van der Waals surface area contributed by atoms with Crippen molar-refractivity contribution >= 4 is 5.97 Å². The molecule has 2 aromatic rings. The fourth-order valence-electron chi connectivity index (χ4n) is 2.28. The minimum Gasteiger partial charge on any atom is -0.507 e. The summed E-state index contributed by atoms with van der Waals surface area (Å²) >= 11 is 0. The molecule has 0 aliphatic carbocycles. The van der Waals surface area contributed by atoms with E-state index in [2.05, 4.69) is 0 Å². The van der Waals surface area contributed by atoms with Crippen molar-refractivity contribution in [1.29, 1.82) is 0 Å². The highest BCUT2D eigenvalue weighted by molar-refractivity contribution is 5.92. The molecule has 0 saturated carbocycles. The number of ether oxygens (including phenoxy) is 1. The second-order valence-electron chi connectivity index (χ2n) is 6.70. The number of carboxylic acids is 1. The highest BCUT2D eigenvalue weighted by Crippen LogP contribution is 2.37. The number of hydrogen-bond donors (Lipinski definition) is 2. The van der Waals surface area contributed by atoms with E-state index in [0.29, 0.717) is 17.9 Å². The van der Waals surface area contributed by atoms with Crippen LogP contribution in [0.25, 0.3) is 0 Å². The number of carbonyl (C=O) groups is 1. The van der Waals surface area contributed by atoms with Gasteiger partial charge in [0.15, 0.2) is 0 Å². The van der Waals surface area contributed by atoms with E-state index in [0.717, 1.165) is 5.56 Å². The molecule has 2 aromatic carbocycles. The van der Waals surface area contributed by atoms with Crippen LogP contribution in [0.3, 0.4) is 0 Å². The van der Waals surface area contributed by atoms with Crippen LogP contribution >= 0.6 is 0 Å². The molecular weight excluding hydrogens is 292 g/mol. The maximum absolute atomic E-state index is 11.3. The highest BCUT2D eigenvalue weighted by atomic mass is 16.5. The van der Waals surface area contributed by atoms with Gasteiger partial charge in [0.1, 0.15) is 23.7 Å². The van der Waals surface area contributed by atoms with E-state index in [1.165, 1.54) is 11.6 Å². The third-order valence-corrected chi connectivity index (χ3v) is 3.65. The van der Waals surface area contributed by atoms with Gasteiger partial charge >= 0.3 is 5.97 Å². The van der Waals surface area contributed by atoms with Crippen molar-refractivity contribution in [2.24, 2.45) is 0 Å². The summed E-state index contributed by atoms with van der Waals surface area (Å²) in [7, 11) is 0. The summed E-state index contributed by atoms with van der Waals surface area (Å²) in [6.07, 6.45) is 0. The minimum absolute atomic E-state index is 0.142. The molecule has 0 amide bonds. The molecule has 0 saturated heterocycles. The molecule has 2 N–H and O–H groups in total. The average Bonchev–Trinajstić information content (AvgIpc) is 2.46. The zero-order valence-corrected chi connectivity index (χ0v) is 13.9. The Morgan fingerprint density at radius 3 is 2.26 bits per heavy atom. The lowest BCUT2D eigenvalue weighted by atomic mass is 9.85. The van der Waals surface area contributed by atoms with Crippen LogP contribution in [0.15, 0.2) is 36.4 Å². The van der Waals surface area contributed by atoms with Gasteiger partial charge < -0.3 is 14.9 Å². The van der Waals surface area contributed by atoms with Gasteiger partial charge in [0.2, 0.25) is 0 Å². The van der Waals surface area contributed by atoms with E-state index < -0.39 is 11.4 Å². The van der Waals surface area contributed by atoms with Crippen LogP contribution in [0, 0.1) is 6.92 Å². The number of aryl methyl sites for hydroxylation is 1. The molecule has 0 radical (unpaired) electrons. The molecule has 0 heterocycles. The van der Waals surface area contributed by atoms with Gasteiger partial charge in [-0.3, -0.25) is 0 Å². The highest BCUT2D eigenvalue weighted by Gasteiger charge is 2.24. The fourth-order valence-corrected chi connectivity index (χ4v) is 2.28. The molecule has 0 aliphatic heterocycles. The van der Waals surface area contributed by atoms with E-state index in [-0.39, 0.29) is 11.3 Å². The van der Waals surface area contributed by atoms with Crippen molar-refractivity contribution in [3.63, 3.8) is 0 Å². The molecule has 0 aromatic heterocycles. The molecule has 0 aliphatic rings. The Balaban J connectivity index is 2.32. The average molecular weight is 314 g/mol. The molecule has 0 atom stereocenters. The van der Waals surface area contributed by atoms with E-state index in [1.54, 1.807) is 6.07 Å². The van der Waals surface area contributed by atoms with Crippen LogP contribution in [0.1, 0.15) is 47.8 Å². The van der Waals surface area contributed by atoms with Crippen molar-refractivity contribution < 1.29 is 19.7 Å². The van der Waals surface area contributed by atoms with Crippen molar-refractivity contribution in [2.45, 2.75) is 39.7 Å². The number of aromatic hydroxyl groups is 1. The molecule has 0 bridgehead atoms. The second kappa shape index (κ2) is 6.32. The van der Waals surface area contributed by atoms with Crippen molar-refractivity contribution in [1.82, 2.24) is 0 Å². The quantitative estimate of drug-likeness (QED) is 0.884. The van der Waals surface area contributed by atoms with Crippen molar-refractivity contribution in [3.8, 4) is 11.5 Å². The molecule has 0 fully saturated rings. The Labute approximate surface area is 136 Å². The van der Waals surface area contributed by atoms with Gasteiger partial charge in [0.05, 0.1) is 0 Å². The SMILES string of the molecule is Cc1ccc(COc2cc(C(=O)O)c(O)c(C(C)(C)C)c2)cc1. The number of hydrogen-bond acceptors (Lipinski definition) is 3. The maximum atomic E-state index is 11.3. The summed E-state index contributed by atoms with van der Waals surface area (Å²) in [4.78, 5) is 11.3. The van der Waals surface area contributed by atoms with E-state index in [9.17, 15) is 15.0 Å². The Kier molecular flexibility index (Phi) is 4.64. The van der Waals surface area contributed by atoms with Gasteiger partial charge in [-0.25, -0.2) is 4.79 Å². The third-order valence-electron chi connectivity index (χ3n) is 3.65. The van der Waals surface area contributed by atoms with E-state index in [4.69, 9.17) is 4.74 Å². The topological polar surface area (TPSA) is 66.8 Å². The Hall–Kier alpha value is -2.49. The standard InChI is InChI=1S/C19H22O4/c1-12-5-7-13(8-6-12)11-23-14-9-15(18(21)22)17(20)16(10-14)19(2,3)4/h5-10,20H,11H2,1-4H3,(H,21,22). The molecule has 0 unspecified atom stereocenters. The Morgan fingerprint density at radius 2 is 1.74 bits per heavy atom. The van der Waals surface area contributed by atoms with Crippen LogP contribution in [-0.2, 0) is 12.0 Å². The lowest BCUT2D eigenvalue weighted by Gasteiger charge is -2.22. The van der Waals surface area contributed by atoms with Crippen LogP contribution in [0.5, 0.6) is 11.5 Å². The van der Waals surface area contributed by atoms with Crippen LogP contribution in [-0.4, -0.2) is 16.2 Å². The van der Waals surface area contributed by atoms with Gasteiger partial charge in [0.25, 0.3) is 0 Å². The zero-order chi connectivity index (χ0) is 17.2. The Morgan fingerprint density at radius 1 is 1.13 bits per heavy atom. The number of aromatic carboxylic acids is 1. The predicted molar refractivity (Wildman–Crippen MR) is 89.3 cm³/mol. The summed E-state index contributed by atoms with van der Waals surface area (Å²) in [6, 6.07) is 11.0. The van der Waals surface area contributed by atoms with Crippen LogP contribution < -0.4 is 4.74 Å². The van der Waals surface area contributed by atoms with Gasteiger partial charge in [0, 0.05) is 5.56 Å².